The van der Waals surface area contributed by atoms with Gasteiger partial charge < -0.3 is 4.74 Å². The molecule has 0 fully saturated rings. The average molecular weight is 321 g/mol. The van der Waals surface area contributed by atoms with Crippen molar-refractivity contribution in [2.75, 3.05) is 19.7 Å². The van der Waals surface area contributed by atoms with Gasteiger partial charge in [-0.05, 0) is 42.2 Å². The Labute approximate surface area is 143 Å². The van der Waals surface area contributed by atoms with Crippen molar-refractivity contribution >= 4 is 5.97 Å². The quantitative estimate of drug-likeness (QED) is 0.608. The van der Waals surface area contributed by atoms with Crippen LogP contribution < -0.4 is 0 Å². The molecule has 0 N–H and O–H groups in total. The molecular formula is C21H23NO2. The highest BCUT2D eigenvalue weighted by Crippen LogP contribution is 2.26. The first kappa shape index (κ1) is 16.5. The van der Waals surface area contributed by atoms with E-state index in [1.54, 1.807) is 0 Å². The molecule has 0 saturated heterocycles. The standard InChI is InChI=1S/C21H23NO2/c1-2-24-21(23)18-11-12-20(17-9-5-3-6-10-17)19(15-18)16-22-13-7-4-8-14-22/h3-7,9-12,15H,2,8,13-14,16H2,1H3. The van der Waals surface area contributed by atoms with Crippen LogP contribution in [0.15, 0.2) is 60.7 Å². The Morgan fingerprint density at radius 2 is 1.96 bits per heavy atom. The van der Waals surface area contributed by atoms with E-state index >= 15 is 0 Å². The molecule has 0 spiro atoms. The fourth-order valence-corrected chi connectivity index (χ4v) is 3.04. The van der Waals surface area contributed by atoms with Crippen molar-refractivity contribution < 1.29 is 9.53 Å². The number of rotatable bonds is 5. The lowest BCUT2D eigenvalue weighted by atomic mass is 9.96. The molecule has 3 heteroatoms. The van der Waals surface area contributed by atoms with Crippen LogP contribution in [0.5, 0.6) is 0 Å². The maximum absolute atomic E-state index is 12.1. The van der Waals surface area contributed by atoms with Crippen LogP contribution >= 0.6 is 0 Å². The maximum Gasteiger partial charge on any atom is 0.338 e. The van der Waals surface area contributed by atoms with Crippen LogP contribution in [0, 0.1) is 0 Å². The number of hydrogen-bond donors (Lipinski definition) is 0. The molecule has 3 rings (SSSR count). The van der Waals surface area contributed by atoms with E-state index in [2.05, 4.69) is 29.2 Å². The Kier molecular flexibility index (Phi) is 5.44. The molecule has 0 saturated carbocycles. The Bertz CT molecular complexity index is 722. The molecule has 0 radical (unpaired) electrons. The van der Waals surface area contributed by atoms with E-state index in [1.165, 1.54) is 16.7 Å². The molecule has 3 nitrogen and oxygen atoms in total. The predicted molar refractivity (Wildman–Crippen MR) is 96.9 cm³/mol. The van der Waals surface area contributed by atoms with Gasteiger partial charge >= 0.3 is 5.97 Å². The van der Waals surface area contributed by atoms with Crippen LogP contribution in [0.3, 0.4) is 0 Å². The van der Waals surface area contributed by atoms with Crippen molar-refractivity contribution in [3.63, 3.8) is 0 Å². The summed E-state index contributed by atoms with van der Waals surface area (Å²) in [6.45, 7) is 5.07. The van der Waals surface area contributed by atoms with Gasteiger partial charge in [-0.1, -0.05) is 48.6 Å². The highest BCUT2D eigenvalue weighted by atomic mass is 16.5. The number of carbonyl (C=O) groups is 1. The zero-order valence-corrected chi connectivity index (χ0v) is 14.1. The molecule has 0 aromatic heterocycles. The number of carbonyl (C=O) groups excluding carboxylic acids is 1. The molecule has 1 heterocycles. The second kappa shape index (κ2) is 7.93. The topological polar surface area (TPSA) is 29.5 Å². The average Bonchev–Trinajstić information content (AvgIpc) is 2.63. The highest BCUT2D eigenvalue weighted by molar-refractivity contribution is 5.90. The van der Waals surface area contributed by atoms with E-state index in [9.17, 15) is 4.79 Å². The zero-order valence-electron chi connectivity index (χ0n) is 14.1. The lowest BCUT2D eigenvalue weighted by Crippen LogP contribution is -2.27. The van der Waals surface area contributed by atoms with Crippen molar-refractivity contribution in [3.05, 3.63) is 71.8 Å². The SMILES string of the molecule is CCOC(=O)c1ccc(-c2ccccc2)c(CN2CC=CCC2)c1. The van der Waals surface area contributed by atoms with E-state index in [-0.39, 0.29) is 5.97 Å². The van der Waals surface area contributed by atoms with Gasteiger partial charge in [0.2, 0.25) is 0 Å². The molecule has 1 aliphatic rings. The first-order valence-electron chi connectivity index (χ1n) is 8.50. The monoisotopic (exact) mass is 321 g/mol. The largest absolute Gasteiger partial charge is 0.462 e. The summed E-state index contributed by atoms with van der Waals surface area (Å²) >= 11 is 0. The normalized spacial score (nSPS) is 14.5. The van der Waals surface area contributed by atoms with Crippen LogP contribution in [0.1, 0.15) is 29.3 Å². The Balaban J connectivity index is 1.95. The number of nitrogens with zero attached hydrogens (tertiary/aromatic N) is 1. The lowest BCUT2D eigenvalue weighted by Gasteiger charge is -2.24. The molecule has 0 aliphatic carbocycles. The highest BCUT2D eigenvalue weighted by Gasteiger charge is 2.15. The van der Waals surface area contributed by atoms with E-state index in [1.807, 2.05) is 43.3 Å². The van der Waals surface area contributed by atoms with Gasteiger partial charge in [0.15, 0.2) is 0 Å². The smallest absolute Gasteiger partial charge is 0.338 e. The van der Waals surface area contributed by atoms with E-state index in [4.69, 9.17) is 4.74 Å². The molecule has 0 amide bonds. The summed E-state index contributed by atoms with van der Waals surface area (Å²) in [5, 5.41) is 0. The molecule has 24 heavy (non-hydrogen) atoms. The second-order valence-electron chi connectivity index (χ2n) is 5.95. The van der Waals surface area contributed by atoms with E-state index in [0.717, 1.165) is 26.1 Å². The van der Waals surface area contributed by atoms with E-state index in [0.29, 0.717) is 12.2 Å². The van der Waals surface area contributed by atoms with Gasteiger partial charge in [-0.15, -0.1) is 0 Å². The van der Waals surface area contributed by atoms with Crippen molar-refractivity contribution in [3.8, 4) is 11.1 Å². The lowest BCUT2D eigenvalue weighted by molar-refractivity contribution is 0.0526. The molecule has 124 valence electrons. The predicted octanol–water partition coefficient (Wildman–Crippen LogP) is 4.29. The maximum atomic E-state index is 12.1. The molecule has 2 aromatic rings. The van der Waals surface area contributed by atoms with Crippen molar-refractivity contribution in [2.45, 2.75) is 19.9 Å². The molecule has 2 aromatic carbocycles. The van der Waals surface area contributed by atoms with Crippen molar-refractivity contribution in [2.24, 2.45) is 0 Å². The summed E-state index contributed by atoms with van der Waals surface area (Å²) in [6, 6.07) is 16.2. The van der Waals surface area contributed by atoms with Crippen LogP contribution in [0.4, 0.5) is 0 Å². The summed E-state index contributed by atoms with van der Waals surface area (Å²) in [6.07, 6.45) is 5.52. The van der Waals surface area contributed by atoms with Crippen LogP contribution in [0.2, 0.25) is 0 Å². The molecule has 0 atom stereocenters. The van der Waals surface area contributed by atoms with Gasteiger partial charge in [0, 0.05) is 19.6 Å². The van der Waals surface area contributed by atoms with Crippen LogP contribution in [-0.2, 0) is 11.3 Å². The minimum Gasteiger partial charge on any atom is -0.462 e. The van der Waals surface area contributed by atoms with Crippen molar-refractivity contribution in [1.29, 1.82) is 0 Å². The number of esters is 1. The van der Waals surface area contributed by atoms with E-state index < -0.39 is 0 Å². The molecule has 1 aliphatic heterocycles. The summed E-state index contributed by atoms with van der Waals surface area (Å²) in [4.78, 5) is 14.5. The fraction of sp³-hybridized carbons (Fsp3) is 0.286. The third-order valence-corrected chi connectivity index (χ3v) is 4.24. The summed E-state index contributed by atoms with van der Waals surface area (Å²) in [5.41, 5.74) is 4.15. The summed E-state index contributed by atoms with van der Waals surface area (Å²) in [7, 11) is 0. The molecule has 0 unspecified atom stereocenters. The first-order valence-corrected chi connectivity index (χ1v) is 8.50. The van der Waals surface area contributed by atoms with Gasteiger partial charge in [0.05, 0.1) is 12.2 Å². The van der Waals surface area contributed by atoms with Crippen molar-refractivity contribution in [1.82, 2.24) is 4.90 Å². The minimum absolute atomic E-state index is 0.253. The Morgan fingerprint density at radius 1 is 1.12 bits per heavy atom. The number of ether oxygens (including phenoxy) is 1. The van der Waals surface area contributed by atoms with Crippen LogP contribution in [0.25, 0.3) is 11.1 Å². The summed E-state index contributed by atoms with van der Waals surface area (Å²) in [5.74, 6) is -0.253. The number of hydrogen-bond acceptors (Lipinski definition) is 3. The second-order valence-corrected chi connectivity index (χ2v) is 5.95. The molecular weight excluding hydrogens is 298 g/mol. The Morgan fingerprint density at radius 3 is 2.67 bits per heavy atom. The summed E-state index contributed by atoms with van der Waals surface area (Å²) < 4.78 is 5.15. The zero-order chi connectivity index (χ0) is 16.8. The fourth-order valence-electron chi connectivity index (χ4n) is 3.04. The minimum atomic E-state index is -0.253. The van der Waals surface area contributed by atoms with Gasteiger partial charge in [0.25, 0.3) is 0 Å². The van der Waals surface area contributed by atoms with Gasteiger partial charge in [0.1, 0.15) is 0 Å². The van der Waals surface area contributed by atoms with Crippen LogP contribution in [-0.4, -0.2) is 30.6 Å². The molecule has 0 bridgehead atoms. The number of benzene rings is 2. The van der Waals surface area contributed by atoms with Gasteiger partial charge in [-0.25, -0.2) is 4.79 Å². The van der Waals surface area contributed by atoms with Gasteiger partial charge in [-0.3, -0.25) is 4.90 Å². The third kappa shape index (κ3) is 3.92. The third-order valence-electron chi connectivity index (χ3n) is 4.24. The Hall–Kier alpha value is -2.39. The van der Waals surface area contributed by atoms with Gasteiger partial charge in [-0.2, -0.15) is 0 Å². The first-order chi connectivity index (χ1) is 11.8.